The Hall–Kier alpha value is -2.60. The van der Waals surface area contributed by atoms with E-state index < -0.39 is 42.0 Å². The Balaban J connectivity index is 2.09. The molecule has 1 saturated heterocycles. The van der Waals surface area contributed by atoms with Crippen LogP contribution < -0.4 is 16.4 Å². The fraction of sp³-hybridized carbons (Fsp3) is 0.682. The number of carbonyl (C=O) groups excluding carboxylic acids is 3. The Labute approximate surface area is 204 Å². The number of nitrogens with zero attached hydrogens (tertiary/aromatic N) is 2. The minimum absolute atomic E-state index is 0.0434. The Bertz CT molecular complexity index is 834. The van der Waals surface area contributed by atoms with E-state index >= 15 is 0 Å². The van der Waals surface area contributed by atoms with Gasteiger partial charge in [0.25, 0.3) is 0 Å². The summed E-state index contributed by atoms with van der Waals surface area (Å²) < 4.78 is 0. The zero-order valence-electron chi connectivity index (χ0n) is 20.0. The second-order valence-corrected chi connectivity index (χ2v) is 9.93. The first-order valence-electron chi connectivity index (χ1n) is 11.5. The smallest absolute Gasteiger partial charge is 0.326 e. The lowest BCUT2D eigenvalue weighted by molar-refractivity contribution is -0.145. The molecule has 34 heavy (non-hydrogen) atoms. The van der Waals surface area contributed by atoms with Crippen LogP contribution in [0, 0.1) is 5.92 Å². The summed E-state index contributed by atoms with van der Waals surface area (Å²) >= 11 is 1.59. The van der Waals surface area contributed by atoms with Crippen molar-refractivity contribution in [1.82, 2.24) is 25.5 Å². The van der Waals surface area contributed by atoms with Crippen LogP contribution in [-0.4, -0.2) is 86.4 Å². The van der Waals surface area contributed by atoms with E-state index in [1.165, 1.54) is 17.4 Å². The lowest BCUT2D eigenvalue weighted by atomic mass is 10.0. The second kappa shape index (κ2) is 13.3. The van der Waals surface area contributed by atoms with Crippen LogP contribution in [0.1, 0.15) is 45.2 Å². The van der Waals surface area contributed by atoms with Crippen LogP contribution >= 0.6 is 11.8 Å². The molecule has 4 unspecified atom stereocenters. The van der Waals surface area contributed by atoms with Crippen LogP contribution in [0.3, 0.4) is 0 Å². The maximum Gasteiger partial charge on any atom is 0.326 e. The summed E-state index contributed by atoms with van der Waals surface area (Å²) in [7, 11) is 0. The number of imidazole rings is 1. The molecule has 11 nitrogen and oxygen atoms in total. The molecule has 1 aromatic heterocycles. The molecule has 0 aromatic carbocycles. The van der Waals surface area contributed by atoms with Gasteiger partial charge < -0.3 is 31.4 Å². The van der Waals surface area contributed by atoms with Gasteiger partial charge in [-0.3, -0.25) is 14.4 Å². The third kappa shape index (κ3) is 8.01. The van der Waals surface area contributed by atoms with Crippen LogP contribution in [0.5, 0.6) is 0 Å². The van der Waals surface area contributed by atoms with E-state index in [0.717, 1.165) is 5.75 Å². The molecule has 0 saturated carbocycles. The number of thioether (sulfide) groups is 1. The highest BCUT2D eigenvalue weighted by Crippen LogP contribution is 2.21. The summed E-state index contributed by atoms with van der Waals surface area (Å²) in [6.07, 6.45) is 6.83. The number of hydrogen-bond acceptors (Lipinski definition) is 7. The van der Waals surface area contributed by atoms with Crippen molar-refractivity contribution in [3.8, 4) is 0 Å². The van der Waals surface area contributed by atoms with Gasteiger partial charge in [0.1, 0.15) is 18.1 Å². The number of nitrogens with one attached hydrogen (secondary N) is 3. The number of nitrogens with two attached hydrogens (primary N) is 1. The number of H-pyrrole nitrogens is 1. The van der Waals surface area contributed by atoms with Crippen molar-refractivity contribution in [3.05, 3.63) is 18.2 Å². The van der Waals surface area contributed by atoms with E-state index in [1.54, 1.807) is 11.8 Å². The molecule has 4 atom stereocenters. The zero-order valence-corrected chi connectivity index (χ0v) is 20.8. The number of aliphatic carboxylic acids is 1. The van der Waals surface area contributed by atoms with Crippen molar-refractivity contribution in [2.45, 2.75) is 70.1 Å². The fourth-order valence-corrected chi connectivity index (χ4v) is 4.42. The number of carboxylic acid groups (broad SMARTS) is 1. The Morgan fingerprint density at radius 3 is 2.62 bits per heavy atom. The second-order valence-electron chi connectivity index (χ2n) is 8.95. The van der Waals surface area contributed by atoms with Crippen molar-refractivity contribution < 1.29 is 24.3 Å². The van der Waals surface area contributed by atoms with Gasteiger partial charge in [-0.1, -0.05) is 13.8 Å². The lowest BCUT2D eigenvalue weighted by Crippen LogP contribution is -2.57. The first-order chi connectivity index (χ1) is 16.1. The first kappa shape index (κ1) is 27.6. The molecule has 3 amide bonds. The molecule has 0 bridgehead atoms. The van der Waals surface area contributed by atoms with Crippen LogP contribution in [-0.2, 0) is 25.6 Å². The molecule has 1 aliphatic heterocycles. The van der Waals surface area contributed by atoms with Gasteiger partial charge in [0.15, 0.2) is 0 Å². The number of carbonyl (C=O) groups is 4. The van der Waals surface area contributed by atoms with E-state index in [4.69, 9.17) is 5.73 Å². The third-order valence-electron chi connectivity index (χ3n) is 5.72. The highest BCUT2D eigenvalue weighted by molar-refractivity contribution is 7.98. The van der Waals surface area contributed by atoms with Crippen molar-refractivity contribution in [1.29, 1.82) is 0 Å². The summed E-state index contributed by atoms with van der Waals surface area (Å²) in [5.41, 5.74) is 6.55. The average Bonchev–Trinajstić information content (AvgIpc) is 3.47. The van der Waals surface area contributed by atoms with E-state index in [-0.39, 0.29) is 18.2 Å². The van der Waals surface area contributed by atoms with Crippen LogP contribution in [0.2, 0.25) is 0 Å². The molecule has 2 rings (SSSR count). The minimum atomic E-state index is -1.18. The summed E-state index contributed by atoms with van der Waals surface area (Å²) in [4.78, 5) is 58.8. The quantitative estimate of drug-likeness (QED) is 0.256. The molecule has 6 N–H and O–H groups in total. The molecule has 0 radical (unpaired) electrons. The van der Waals surface area contributed by atoms with Gasteiger partial charge in [-0.25, -0.2) is 9.78 Å². The molecule has 1 aromatic rings. The fourth-order valence-electron chi connectivity index (χ4n) is 3.94. The van der Waals surface area contributed by atoms with Crippen LogP contribution in [0.25, 0.3) is 0 Å². The normalized spacial score (nSPS) is 18.4. The summed E-state index contributed by atoms with van der Waals surface area (Å²) in [6, 6.07) is -3.48. The SMILES string of the molecule is CSCCC(N)C(=O)NC(CC(C)C)C(=O)N1CCCC1C(=O)NC(Cc1cnc[nH]1)C(=O)O. The number of rotatable bonds is 13. The van der Waals surface area contributed by atoms with E-state index in [2.05, 4.69) is 20.6 Å². The van der Waals surface area contributed by atoms with E-state index in [1.807, 2.05) is 20.1 Å². The third-order valence-corrected chi connectivity index (χ3v) is 6.37. The Morgan fingerprint density at radius 1 is 1.29 bits per heavy atom. The number of hydrogen-bond donors (Lipinski definition) is 5. The monoisotopic (exact) mass is 496 g/mol. The van der Waals surface area contributed by atoms with Crippen LogP contribution in [0.15, 0.2) is 12.5 Å². The average molecular weight is 497 g/mol. The van der Waals surface area contributed by atoms with Crippen LogP contribution in [0.4, 0.5) is 0 Å². The topological polar surface area (TPSA) is 171 Å². The number of amides is 3. The maximum absolute atomic E-state index is 13.4. The van der Waals surface area contributed by atoms with Gasteiger partial charge in [0.05, 0.1) is 12.4 Å². The predicted molar refractivity (Wildman–Crippen MR) is 129 cm³/mol. The molecule has 190 valence electrons. The van der Waals surface area contributed by atoms with Crippen molar-refractivity contribution >= 4 is 35.5 Å². The highest BCUT2D eigenvalue weighted by atomic mass is 32.2. The Kier molecular flexibility index (Phi) is 10.8. The number of aromatic nitrogens is 2. The van der Waals surface area contributed by atoms with Gasteiger partial charge in [-0.05, 0) is 43.6 Å². The molecular weight excluding hydrogens is 460 g/mol. The van der Waals surface area contributed by atoms with Crippen molar-refractivity contribution in [2.75, 3.05) is 18.6 Å². The van der Waals surface area contributed by atoms with Crippen molar-refractivity contribution in [2.24, 2.45) is 11.7 Å². The number of likely N-dealkylation sites (tertiary alicyclic amines) is 1. The van der Waals surface area contributed by atoms with E-state index in [0.29, 0.717) is 37.9 Å². The maximum atomic E-state index is 13.4. The lowest BCUT2D eigenvalue weighted by Gasteiger charge is -2.30. The molecule has 1 aliphatic rings. The molecule has 12 heteroatoms. The van der Waals surface area contributed by atoms with Gasteiger partial charge >= 0.3 is 5.97 Å². The predicted octanol–water partition coefficient (Wildman–Crippen LogP) is 0.124. The summed E-state index contributed by atoms with van der Waals surface area (Å²) in [5.74, 6) is -1.59. The standard InChI is InChI=1S/C22H36N6O5S/c1-13(2)9-16(26-19(29)15(23)6-8-34-3)21(31)28-7-4-5-18(28)20(30)27-17(22(32)33)10-14-11-24-12-25-14/h11-13,15-18H,4-10,23H2,1-3H3,(H,24,25)(H,26,29)(H,27,30)(H,32,33). The highest BCUT2D eigenvalue weighted by Gasteiger charge is 2.39. The molecule has 0 aliphatic carbocycles. The van der Waals surface area contributed by atoms with Gasteiger partial charge in [-0.15, -0.1) is 0 Å². The molecule has 1 fully saturated rings. The number of aromatic amines is 1. The minimum Gasteiger partial charge on any atom is -0.480 e. The number of carboxylic acids is 1. The Morgan fingerprint density at radius 2 is 2.03 bits per heavy atom. The summed E-state index contributed by atoms with van der Waals surface area (Å²) in [6.45, 7) is 4.25. The van der Waals surface area contributed by atoms with E-state index in [9.17, 15) is 24.3 Å². The zero-order chi connectivity index (χ0) is 25.3. The largest absolute Gasteiger partial charge is 0.480 e. The summed E-state index contributed by atoms with van der Waals surface area (Å²) in [5, 5.41) is 14.9. The van der Waals surface area contributed by atoms with Gasteiger partial charge in [0, 0.05) is 24.9 Å². The first-order valence-corrected chi connectivity index (χ1v) is 12.9. The van der Waals surface area contributed by atoms with Gasteiger partial charge in [-0.2, -0.15) is 11.8 Å². The molecular formula is C22H36N6O5S. The van der Waals surface area contributed by atoms with Crippen molar-refractivity contribution in [3.63, 3.8) is 0 Å². The van der Waals surface area contributed by atoms with Gasteiger partial charge in [0.2, 0.25) is 17.7 Å². The molecule has 2 heterocycles. The molecule has 0 spiro atoms.